The Morgan fingerprint density at radius 3 is 2.32 bits per heavy atom. The van der Waals surface area contributed by atoms with Crippen LogP contribution in [0, 0.1) is 20.8 Å². The number of carbonyl (C=O) groups excluding carboxylic acids is 1. The van der Waals surface area contributed by atoms with Crippen molar-refractivity contribution in [3.8, 4) is 0 Å². The molecule has 0 aliphatic carbocycles. The van der Waals surface area contributed by atoms with Gasteiger partial charge in [-0.2, -0.15) is 0 Å². The fourth-order valence-corrected chi connectivity index (χ4v) is 5.07. The van der Waals surface area contributed by atoms with Crippen molar-refractivity contribution < 1.29 is 17.9 Å². The first kappa shape index (κ1) is 23.2. The summed E-state index contributed by atoms with van der Waals surface area (Å²) in [7, 11) is -3.90. The number of morpholine rings is 1. The number of hydrogen-bond donors (Lipinski definition) is 1. The molecule has 7 nitrogen and oxygen atoms in total. The van der Waals surface area contributed by atoms with Crippen molar-refractivity contribution in [1.82, 2.24) is 10.2 Å². The molecule has 1 amide bonds. The Kier molecular flexibility index (Phi) is 7.69. The van der Waals surface area contributed by atoms with Gasteiger partial charge in [-0.1, -0.05) is 35.4 Å². The average Bonchev–Trinajstić information content (AvgIpc) is 2.73. The molecule has 1 fully saturated rings. The van der Waals surface area contributed by atoms with E-state index in [0.717, 1.165) is 29.8 Å². The third-order valence-corrected chi connectivity index (χ3v) is 7.15. The van der Waals surface area contributed by atoms with Gasteiger partial charge in [-0.25, -0.2) is 8.42 Å². The van der Waals surface area contributed by atoms with Gasteiger partial charge < -0.3 is 10.1 Å². The smallest absolute Gasteiger partial charge is 0.264 e. The Bertz CT molecular complexity index is 1000. The minimum Gasteiger partial charge on any atom is -0.379 e. The third kappa shape index (κ3) is 6.06. The lowest BCUT2D eigenvalue weighted by molar-refractivity contribution is -0.119. The van der Waals surface area contributed by atoms with E-state index in [1.807, 2.05) is 32.9 Å². The van der Waals surface area contributed by atoms with Crippen molar-refractivity contribution in [3.05, 3.63) is 59.2 Å². The van der Waals surface area contributed by atoms with Crippen LogP contribution in [0.25, 0.3) is 0 Å². The molecule has 1 heterocycles. The topological polar surface area (TPSA) is 79.0 Å². The van der Waals surface area contributed by atoms with Crippen LogP contribution < -0.4 is 9.62 Å². The van der Waals surface area contributed by atoms with E-state index in [0.29, 0.717) is 32.0 Å². The van der Waals surface area contributed by atoms with E-state index in [1.165, 1.54) is 4.31 Å². The van der Waals surface area contributed by atoms with Crippen LogP contribution in [0.15, 0.2) is 47.4 Å². The molecule has 31 heavy (non-hydrogen) atoms. The summed E-state index contributed by atoms with van der Waals surface area (Å²) in [5.74, 6) is -0.330. The molecule has 0 saturated carbocycles. The average molecular weight is 446 g/mol. The zero-order valence-corrected chi connectivity index (χ0v) is 19.2. The Labute approximate surface area is 185 Å². The minimum absolute atomic E-state index is 0.166. The van der Waals surface area contributed by atoms with E-state index in [4.69, 9.17) is 4.74 Å². The van der Waals surface area contributed by atoms with Gasteiger partial charge in [-0.05, 0) is 44.5 Å². The summed E-state index contributed by atoms with van der Waals surface area (Å²) in [5, 5.41) is 2.87. The molecule has 0 radical (unpaired) electrons. The molecule has 0 aromatic heterocycles. The van der Waals surface area contributed by atoms with Gasteiger partial charge in [0, 0.05) is 26.2 Å². The van der Waals surface area contributed by atoms with E-state index >= 15 is 0 Å². The number of amides is 1. The normalized spacial score (nSPS) is 14.9. The number of ether oxygens (including phenoxy) is 1. The predicted molar refractivity (Wildman–Crippen MR) is 122 cm³/mol. The zero-order valence-electron chi connectivity index (χ0n) is 18.4. The van der Waals surface area contributed by atoms with Gasteiger partial charge in [-0.3, -0.25) is 14.0 Å². The van der Waals surface area contributed by atoms with Gasteiger partial charge in [0.15, 0.2) is 0 Å². The molecule has 2 aromatic carbocycles. The van der Waals surface area contributed by atoms with E-state index < -0.39 is 10.0 Å². The molecule has 2 aromatic rings. The lowest BCUT2D eigenvalue weighted by Crippen LogP contribution is -2.45. The highest BCUT2D eigenvalue weighted by atomic mass is 32.2. The van der Waals surface area contributed by atoms with Crippen molar-refractivity contribution in [2.24, 2.45) is 0 Å². The van der Waals surface area contributed by atoms with Crippen LogP contribution in [-0.2, 0) is 19.6 Å². The van der Waals surface area contributed by atoms with Gasteiger partial charge in [0.25, 0.3) is 10.0 Å². The van der Waals surface area contributed by atoms with E-state index in [-0.39, 0.29) is 17.3 Å². The number of carbonyl (C=O) groups is 1. The largest absolute Gasteiger partial charge is 0.379 e. The van der Waals surface area contributed by atoms with Crippen LogP contribution in [-0.4, -0.2) is 65.2 Å². The lowest BCUT2D eigenvalue weighted by atomic mass is 10.1. The van der Waals surface area contributed by atoms with E-state index in [9.17, 15) is 13.2 Å². The summed E-state index contributed by atoms with van der Waals surface area (Å²) < 4.78 is 33.5. The molecule has 1 aliphatic rings. The van der Waals surface area contributed by atoms with E-state index in [2.05, 4.69) is 10.2 Å². The first-order chi connectivity index (χ1) is 14.8. The number of rotatable bonds is 8. The molecule has 0 atom stereocenters. The van der Waals surface area contributed by atoms with Crippen molar-refractivity contribution >= 4 is 21.6 Å². The van der Waals surface area contributed by atoms with Gasteiger partial charge in [0.1, 0.15) is 6.54 Å². The number of benzene rings is 2. The molecular weight excluding hydrogens is 414 g/mol. The van der Waals surface area contributed by atoms with Crippen LogP contribution in [0.1, 0.15) is 16.7 Å². The fraction of sp³-hybridized carbons (Fsp3) is 0.435. The standard InChI is InChI=1S/C23H31N3O4S/c1-18-4-7-21(8-5-18)31(28,29)26(22-9-6-19(2)16-20(22)3)17-23(27)24-10-11-25-12-14-30-15-13-25/h4-9,16H,10-15,17H2,1-3H3,(H,24,27). The summed E-state index contributed by atoms with van der Waals surface area (Å²) in [4.78, 5) is 15.1. The summed E-state index contributed by atoms with van der Waals surface area (Å²) in [6, 6.07) is 12.2. The zero-order chi connectivity index (χ0) is 22.4. The maximum Gasteiger partial charge on any atom is 0.264 e. The second kappa shape index (κ2) is 10.3. The molecule has 3 rings (SSSR count). The second-order valence-corrected chi connectivity index (χ2v) is 9.78. The minimum atomic E-state index is -3.90. The SMILES string of the molecule is Cc1ccc(S(=O)(=O)N(CC(=O)NCCN2CCOCC2)c2ccc(C)cc2C)cc1. The van der Waals surface area contributed by atoms with Crippen molar-refractivity contribution in [3.63, 3.8) is 0 Å². The van der Waals surface area contributed by atoms with Gasteiger partial charge >= 0.3 is 0 Å². The quantitative estimate of drug-likeness (QED) is 0.674. The number of aryl methyl sites for hydroxylation is 3. The Hall–Kier alpha value is -2.42. The third-order valence-electron chi connectivity index (χ3n) is 5.37. The van der Waals surface area contributed by atoms with E-state index in [1.54, 1.807) is 30.3 Å². The number of anilines is 1. The number of sulfonamides is 1. The molecule has 0 unspecified atom stereocenters. The Balaban J connectivity index is 1.78. The summed E-state index contributed by atoms with van der Waals surface area (Å²) >= 11 is 0. The second-order valence-electron chi connectivity index (χ2n) is 7.92. The van der Waals surface area contributed by atoms with Crippen LogP contribution in [0.2, 0.25) is 0 Å². The first-order valence-corrected chi connectivity index (χ1v) is 11.9. The van der Waals surface area contributed by atoms with Crippen LogP contribution in [0.5, 0.6) is 0 Å². The maximum atomic E-state index is 13.5. The van der Waals surface area contributed by atoms with Gasteiger partial charge in [0.05, 0.1) is 23.8 Å². The summed E-state index contributed by atoms with van der Waals surface area (Å²) in [6.07, 6.45) is 0. The first-order valence-electron chi connectivity index (χ1n) is 10.5. The highest BCUT2D eigenvalue weighted by Crippen LogP contribution is 2.27. The molecule has 1 saturated heterocycles. The lowest BCUT2D eigenvalue weighted by Gasteiger charge is -2.27. The number of hydrogen-bond acceptors (Lipinski definition) is 5. The maximum absolute atomic E-state index is 13.5. The molecule has 0 bridgehead atoms. The summed E-state index contributed by atoms with van der Waals surface area (Å²) in [6.45, 7) is 9.69. The molecule has 168 valence electrons. The van der Waals surface area contributed by atoms with Crippen molar-refractivity contribution in [2.75, 3.05) is 50.2 Å². The van der Waals surface area contributed by atoms with Crippen molar-refractivity contribution in [1.29, 1.82) is 0 Å². The molecule has 8 heteroatoms. The van der Waals surface area contributed by atoms with Gasteiger partial charge in [0.2, 0.25) is 5.91 Å². The van der Waals surface area contributed by atoms with Crippen LogP contribution in [0.3, 0.4) is 0 Å². The summed E-state index contributed by atoms with van der Waals surface area (Å²) in [5.41, 5.74) is 3.31. The van der Waals surface area contributed by atoms with Gasteiger partial charge in [-0.15, -0.1) is 0 Å². The highest BCUT2D eigenvalue weighted by Gasteiger charge is 2.28. The molecule has 1 aliphatic heterocycles. The fourth-order valence-electron chi connectivity index (χ4n) is 3.59. The van der Waals surface area contributed by atoms with Crippen LogP contribution in [0.4, 0.5) is 5.69 Å². The molecular formula is C23H31N3O4S. The number of nitrogens with one attached hydrogen (secondary N) is 1. The monoisotopic (exact) mass is 445 g/mol. The molecule has 1 N–H and O–H groups in total. The van der Waals surface area contributed by atoms with Crippen LogP contribution >= 0.6 is 0 Å². The molecule has 0 spiro atoms. The Morgan fingerprint density at radius 2 is 1.68 bits per heavy atom. The highest BCUT2D eigenvalue weighted by molar-refractivity contribution is 7.92. The Morgan fingerprint density at radius 1 is 1.03 bits per heavy atom. The predicted octanol–water partition coefficient (Wildman–Crippen LogP) is 2.26. The van der Waals surface area contributed by atoms with Crippen molar-refractivity contribution in [2.45, 2.75) is 25.7 Å². The number of nitrogens with zero attached hydrogens (tertiary/aromatic N) is 2.